The molecular formula is C18H36BrN. The van der Waals surface area contributed by atoms with Crippen LogP contribution in [0.25, 0.3) is 0 Å². The molecule has 1 heterocycles. The van der Waals surface area contributed by atoms with Crippen molar-refractivity contribution in [1.29, 1.82) is 0 Å². The molecule has 1 nitrogen and oxygen atoms in total. The number of hydrogen-bond acceptors (Lipinski definition) is 1. The molecule has 1 aliphatic heterocycles. The van der Waals surface area contributed by atoms with Crippen molar-refractivity contribution in [1.82, 2.24) is 4.90 Å². The molecule has 1 atom stereocenters. The number of likely N-dealkylation sites (tertiary alicyclic amines) is 1. The Morgan fingerprint density at radius 1 is 1.00 bits per heavy atom. The molecule has 0 radical (unpaired) electrons. The fourth-order valence-electron chi connectivity index (χ4n) is 4.07. The van der Waals surface area contributed by atoms with E-state index in [-0.39, 0.29) is 0 Å². The summed E-state index contributed by atoms with van der Waals surface area (Å²) in [6, 6.07) is 0. The molecule has 1 aliphatic rings. The zero-order valence-corrected chi connectivity index (χ0v) is 15.7. The van der Waals surface area contributed by atoms with Gasteiger partial charge in [0.1, 0.15) is 0 Å². The molecule has 1 fully saturated rings. The normalized spacial score (nSPS) is 21.9. The van der Waals surface area contributed by atoms with Crippen molar-refractivity contribution in [3.63, 3.8) is 0 Å². The van der Waals surface area contributed by atoms with Crippen molar-refractivity contribution in [3.05, 3.63) is 0 Å². The molecule has 0 aliphatic carbocycles. The highest BCUT2D eigenvalue weighted by atomic mass is 79.9. The van der Waals surface area contributed by atoms with Gasteiger partial charge in [-0.2, -0.15) is 0 Å². The third kappa shape index (κ3) is 6.05. The minimum atomic E-state index is 0.522. The van der Waals surface area contributed by atoms with Crippen LogP contribution in [0.2, 0.25) is 0 Å². The molecule has 0 N–H and O–H groups in total. The van der Waals surface area contributed by atoms with E-state index in [1.54, 1.807) is 0 Å². The van der Waals surface area contributed by atoms with Crippen molar-refractivity contribution in [3.8, 4) is 0 Å². The monoisotopic (exact) mass is 345 g/mol. The molecule has 0 aromatic heterocycles. The maximum atomic E-state index is 3.83. The van der Waals surface area contributed by atoms with Gasteiger partial charge in [-0.15, -0.1) is 0 Å². The lowest BCUT2D eigenvalue weighted by Gasteiger charge is -2.37. The first kappa shape index (κ1) is 18.5. The topological polar surface area (TPSA) is 3.24 Å². The molecular weight excluding hydrogens is 310 g/mol. The fourth-order valence-corrected chi connectivity index (χ4v) is 4.81. The van der Waals surface area contributed by atoms with E-state index >= 15 is 0 Å². The maximum Gasteiger partial charge on any atom is 0.0100 e. The molecule has 0 amide bonds. The van der Waals surface area contributed by atoms with E-state index in [1.807, 2.05) is 0 Å². The Morgan fingerprint density at radius 2 is 1.70 bits per heavy atom. The number of rotatable bonds is 9. The molecule has 1 rings (SSSR count). The van der Waals surface area contributed by atoms with Gasteiger partial charge in [0.2, 0.25) is 0 Å². The van der Waals surface area contributed by atoms with Crippen LogP contribution >= 0.6 is 15.9 Å². The van der Waals surface area contributed by atoms with Gasteiger partial charge in [-0.25, -0.2) is 0 Å². The van der Waals surface area contributed by atoms with Gasteiger partial charge in [-0.1, -0.05) is 62.4 Å². The van der Waals surface area contributed by atoms with E-state index in [9.17, 15) is 0 Å². The SMILES string of the molecule is CCCC1CCCN(CC(CBr)(CCC)CCC)CC1. The Morgan fingerprint density at radius 3 is 2.25 bits per heavy atom. The van der Waals surface area contributed by atoms with Crippen LogP contribution in [0.3, 0.4) is 0 Å². The average molecular weight is 346 g/mol. The molecule has 0 aromatic carbocycles. The molecule has 1 saturated heterocycles. The summed E-state index contributed by atoms with van der Waals surface area (Å²) < 4.78 is 0. The predicted octanol–water partition coefficient (Wildman–Crippen LogP) is 5.87. The zero-order chi connectivity index (χ0) is 14.8. The van der Waals surface area contributed by atoms with Gasteiger partial charge < -0.3 is 4.90 Å². The summed E-state index contributed by atoms with van der Waals surface area (Å²) in [6.07, 6.45) is 12.5. The Kier molecular flexibility index (Phi) is 9.44. The number of nitrogens with zero attached hydrogens (tertiary/aromatic N) is 1. The van der Waals surface area contributed by atoms with Crippen molar-refractivity contribution >= 4 is 15.9 Å². The summed E-state index contributed by atoms with van der Waals surface area (Å²) in [4.78, 5) is 2.78. The minimum Gasteiger partial charge on any atom is -0.303 e. The van der Waals surface area contributed by atoms with Crippen LogP contribution < -0.4 is 0 Å². The Bertz CT molecular complexity index is 236. The van der Waals surface area contributed by atoms with E-state index in [0.717, 1.165) is 5.92 Å². The summed E-state index contributed by atoms with van der Waals surface area (Å²) in [5.41, 5.74) is 0.522. The number of alkyl halides is 1. The van der Waals surface area contributed by atoms with Gasteiger partial charge in [0.15, 0.2) is 0 Å². The first-order valence-electron chi connectivity index (χ1n) is 8.98. The first-order valence-corrected chi connectivity index (χ1v) is 10.1. The van der Waals surface area contributed by atoms with Gasteiger partial charge in [-0.05, 0) is 56.5 Å². The third-order valence-electron chi connectivity index (χ3n) is 5.04. The minimum absolute atomic E-state index is 0.522. The van der Waals surface area contributed by atoms with Gasteiger partial charge in [0.25, 0.3) is 0 Å². The highest BCUT2D eigenvalue weighted by Crippen LogP contribution is 2.34. The quantitative estimate of drug-likeness (QED) is 0.472. The Balaban J connectivity index is 2.55. The van der Waals surface area contributed by atoms with Gasteiger partial charge in [0, 0.05) is 11.9 Å². The highest BCUT2D eigenvalue weighted by Gasteiger charge is 2.30. The maximum absolute atomic E-state index is 3.83. The number of halogens is 1. The van der Waals surface area contributed by atoms with Crippen molar-refractivity contribution in [2.75, 3.05) is 25.0 Å². The molecule has 20 heavy (non-hydrogen) atoms. The molecule has 0 aromatic rings. The zero-order valence-electron chi connectivity index (χ0n) is 14.1. The second-order valence-corrected chi connectivity index (χ2v) is 7.56. The lowest BCUT2D eigenvalue weighted by Crippen LogP contribution is -2.39. The van der Waals surface area contributed by atoms with Crippen LogP contribution in [-0.2, 0) is 0 Å². The van der Waals surface area contributed by atoms with E-state index in [1.165, 1.54) is 82.8 Å². The van der Waals surface area contributed by atoms with Gasteiger partial charge in [0.05, 0.1) is 0 Å². The summed E-state index contributed by atoms with van der Waals surface area (Å²) in [5.74, 6) is 1.00. The van der Waals surface area contributed by atoms with E-state index < -0.39 is 0 Å². The van der Waals surface area contributed by atoms with Crippen LogP contribution in [-0.4, -0.2) is 29.9 Å². The third-order valence-corrected chi connectivity index (χ3v) is 6.23. The largest absolute Gasteiger partial charge is 0.303 e. The second kappa shape index (κ2) is 10.2. The summed E-state index contributed by atoms with van der Waals surface area (Å²) in [7, 11) is 0. The van der Waals surface area contributed by atoms with Crippen LogP contribution in [0.4, 0.5) is 0 Å². The Labute approximate surface area is 136 Å². The fraction of sp³-hybridized carbons (Fsp3) is 1.00. The molecule has 0 spiro atoms. The summed E-state index contributed by atoms with van der Waals surface area (Å²) in [5, 5.41) is 1.18. The lowest BCUT2D eigenvalue weighted by atomic mass is 9.80. The van der Waals surface area contributed by atoms with Crippen molar-refractivity contribution < 1.29 is 0 Å². The van der Waals surface area contributed by atoms with Crippen molar-refractivity contribution in [2.45, 2.75) is 78.6 Å². The second-order valence-electron chi connectivity index (χ2n) is 7.00. The molecule has 120 valence electrons. The van der Waals surface area contributed by atoms with Crippen LogP contribution in [0, 0.1) is 11.3 Å². The standard InChI is InChI=1S/C18H36BrN/c1-4-8-17-9-7-13-20(14-10-17)16-18(15-19,11-5-2)12-6-3/h17H,4-16H2,1-3H3. The van der Waals surface area contributed by atoms with E-state index in [2.05, 4.69) is 41.6 Å². The Hall–Kier alpha value is 0.440. The van der Waals surface area contributed by atoms with Crippen molar-refractivity contribution in [2.24, 2.45) is 11.3 Å². The first-order chi connectivity index (χ1) is 9.69. The summed E-state index contributed by atoms with van der Waals surface area (Å²) >= 11 is 3.83. The molecule has 0 bridgehead atoms. The lowest BCUT2D eigenvalue weighted by molar-refractivity contribution is 0.149. The molecule has 1 unspecified atom stereocenters. The van der Waals surface area contributed by atoms with Crippen LogP contribution in [0.15, 0.2) is 0 Å². The smallest absolute Gasteiger partial charge is 0.0100 e. The van der Waals surface area contributed by atoms with Crippen LogP contribution in [0.1, 0.15) is 78.6 Å². The van der Waals surface area contributed by atoms with E-state index in [0.29, 0.717) is 5.41 Å². The van der Waals surface area contributed by atoms with E-state index in [4.69, 9.17) is 0 Å². The highest BCUT2D eigenvalue weighted by molar-refractivity contribution is 9.09. The van der Waals surface area contributed by atoms with Crippen LogP contribution in [0.5, 0.6) is 0 Å². The van der Waals surface area contributed by atoms with Gasteiger partial charge in [-0.3, -0.25) is 0 Å². The molecule has 0 saturated carbocycles. The number of hydrogen-bond donors (Lipinski definition) is 0. The average Bonchev–Trinajstić information content (AvgIpc) is 2.65. The van der Waals surface area contributed by atoms with Gasteiger partial charge >= 0.3 is 0 Å². The predicted molar refractivity (Wildman–Crippen MR) is 94.7 cm³/mol. The summed E-state index contributed by atoms with van der Waals surface area (Å²) in [6.45, 7) is 11.0. The molecule has 2 heteroatoms.